The van der Waals surface area contributed by atoms with Gasteiger partial charge in [-0.05, 0) is 31.9 Å². The topological polar surface area (TPSA) is 36.3 Å². The van der Waals surface area contributed by atoms with E-state index >= 15 is 0 Å². The molecule has 0 atom stereocenters. The maximum atomic E-state index is 9.08. The molecule has 1 aliphatic rings. The van der Waals surface area contributed by atoms with Gasteiger partial charge in [0.25, 0.3) is 0 Å². The summed E-state index contributed by atoms with van der Waals surface area (Å²) >= 11 is 0. The van der Waals surface area contributed by atoms with Gasteiger partial charge in [0.2, 0.25) is 0 Å². The lowest BCUT2D eigenvalue weighted by Crippen LogP contribution is -2.37. The molecule has 0 saturated carbocycles. The summed E-state index contributed by atoms with van der Waals surface area (Å²) < 4.78 is 5.63. The second-order valence-corrected chi connectivity index (χ2v) is 4.27. The maximum Gasteiger partial charge on any atom is 0.101 e. The second kappa shape index (κ2) is 5.70. The van der Waals surface area contributed by atoms with Crippen LogP contribution in [-0.4, -0.2) is 25.8 Å². The summed E-state index contributed by atoms with van der Waals surface area (Å²) in [6.07, 6.45) is 2.49. The smallest absolute Gasteiger partial charge is 0.101 e. The number of benzene rings is 1. The van der Waals surface area contributed by atoms with Crippen molar-refractivity contribution >= 4 is 5.69 Å². The first-order chi connectivity index (χ1) is 8.35. The van der Waals surface area contributed by atoms with E-state index in [2.05, 4.69) is 11.0 Å². The molecule has 1 saturated heterocycles. The lowest BCUT2D eigenvalue weighted by molar-refractivity contribution is 0.0459. The van der Waals surface area contributed by atoms with Gasteiger partial charge >= 0.3 is 0 Å². The van der Waals surface area contributed by atoms with Gasteiger partial charge in [-0.3, -0.25) is 0 Å². The van der Waals surface area contributed by atoms with E-state index in [-0.39, 0.29) is 0 Å². The fraction of sp³-hybridized carbons (Fsp3) is 0.500. The summed E-state index contributed by atoms with van der Waals surface area (Å²) in [6.45, 7) is 4.78. The molecular formula is C14H18N2O. The average molecular weight is 230 g/mol. The molecule has 1 fully saturated rings. The molecule has 1 aromatic carbocycles. The highest BCUT2D eigenvalue weighted by Gasteiger charge is 2.20. The Balaban J connectivity index is 2.03. The Morgan fingerprint density at radius 2 is 2.06 bits per heavy atom. The van der Waals surface area contributed by atoms with Gasteiger partial charge in [-0.2, -0.15) is 5.26 Å². The summed E-state index contributed by atoms with van der Waals surface area (Å²) in [5.41, 5.74) is 1.83. The molecule has 17 heavy (non-hydrogen) atoms. The van der Waals surface area contributed by atoms with Crippen molar-refractivity contribution in [2.24, 2.45) is 0 Å². The molecule has 0 bridgehead atoms. The number of piperidine rings is 1. The van der Waals surface area contributed by atoms with E-state index in [4.69, 9.17) is 10.00 Å². The lowest BCUT2D eigenvalue weighted by Gasteiger charge is -2.33. The third kappa shape index (κ3) is 2.78. The van der Waals surface area contributed by atoms with Crippen molar-refractivity contribution in [3.8, 4) is 6.07 Å². The van der Waals surface area contributed by atoms with Crippen molar-refractivity contribution in [1.82, 2.24) is 0 Å². The Morgan fingerprint density at radius 3 is 2.71 bits per heavy atom. The van der Waals surface area contributed by atoms with Crippen LogP contribution in [0.5, 0.6) is 0 Å². The van der Waals surface area contributed by atoms with E-state index in [9.17, 15) is 0 Å². The van der Waals surface area contributed by atoms with E-state index in [0.717, 1.165) is 43.8 Å². The lowest BCUT2D eigenvalue weighted by atomic mass is 10.1. The first-order valence-electron chi connectivity index (χ1n) is 6.21. The van der Waals surface area contributed by atoms with Crippen LogP contribution in [0.25, 0.3) is 0 Å². The average Bonchev–Trinajstić information content (AvgIpc) is 2.40. The first-order valence-corrected chi connectivity index (χ1v) is 6.21. The van der Waals surface area contributed by atoms with Gasteiger partial charge in [0, 0.05) is 19.7 Å². The summed E-state index contributed by atoms with van der Waals surface area (Å²) in [7, 11) is 0. The van der Waals surface area contributed by atoms with Crippen LogP contribution >= 0.6 is 0 Å². The molecule has 1 aromatic rings. The molecule has 1 aliphatic heterocycles. The molecule has 3 heteroatoms. The highest BCUT2D eigenvalue weighted by atomic mass is 16.5. The Hall–Kier alpha value is -1.53. The summed E-state index contributed by atoms with van der Waals surface area (Å²) in [6, 6.07) is 10.1. The van der Waals surface area contributed by atoms with Crippen LogP contribution in [0.1, 0.15) is 25.3 Å². The number of rotatable bonds is 3. The number of nitrogens with zero attached hydrogens (tertiary/aromatic N) is 2. The zero-order chi connectivity index (χ0) is 12.1. The summed E-state index contributed by atoms with van der Waals surface area (Å²) in [5.74, 6) is 0. The van der Waals surface area contributed by atoms with Crippen molar-refractivity contribution in [3.05, 3.63) is 29.8 Å². The van der Waals surface area contributed by atoms with Crippen LogP contribution in [0.2, 0.25) is 0 Å². The van der Waals surface area contributed by atoms with Crippen LogP contribution in [0.3, 0.4) is 0 Å². The summed E-state index contributed by atoms with van der Waals surface area (Å²) in [5, 5.41) is 9.08. The van der Waals surface area contributed by atoms with Crippen molar-refractivity contribution in [2.75, 3.05) is 24.6 Å². The van der Waals surface area contributed by atoms with E-state index < -0.39 is 0 Å². The minimum absolute atomic E-state index is 0.394. The van der Waals surface area contributed by atoms with Crippen molar-refractivity contribution in [2.45, 2.75) is 25.9 Å². The predicted molar refractivity (Wildman–Crippen MR) is 68.0 cm³/mol. The molecule has 1 heterocycles. The van der Waals surface area contributed by atoms with Crippen LogP contribution in [0.15, 0.2) is 24.3 Å². The van der Waals surface area contributed by atoms with E-state index in [1.807, 2.05) is 31.2 Å². The van der Waals surface area contributed by atoms with Crippen molar-refractivity contribution < 1.29 is 4.74 Å². The first kappa shape index (κ1) is 11.9. The van der Waals surface area contributed by atoms with Gasteiger partial charge in [0.05, 0.1) is 17.4 Å². The van der Waals surface area contributed by atoms with Gasteiger partial charge in [-0.1, -0.05) is 12.1 Å². The fourth-order valence-electron chi connectivity index (χ4n) is 2.34. The van der Waals surface area contributed by atoms with Gasteiger partial charge in [-0.15, -0.1) is 0 Å². The number of anilines is 1. The van der Waals surface area contributed by atoms with E-state index in [1.165, 1.54) is 0 Å². The van der Waals surface area contributed by atoms with Gasteiger partial charge < -0.3 is 9.64 Å². The number of hydrogen-bond donors (Lipinski definition) is 0. The Bertz CT molecular complexity index is 403. The van der Waals surface area contributed by atoms with Gasteiger partial charge in [0.1, 0.15) is 6.07 Å². The quantitative estimate of drug-likeness (QED) is 0.800. The zero-order valence-corrected chi connectivity index (χ0v) is 10.2. The van der Waals surface area contributed by atoms with Crippen molar-refractivity contribution in [3.63, 3.8) is 0 Å². The molecule has 3 nitrogen and oxygen atoms in total. The molecule has 0 aromatic heterocycles. The molecule has 90 valence electrons. The SMILES string of the molecule is CCOC1CCN(c2ccccc2C#N)CC1. The van der Waals surface area contributed by atoms with Crippen LogP contribution < -0.4 is 4.90 Å². The van der Waals surface area contributed by atoms with E-state index in [1.54, 1.807) is 0 Å². The normalized spacial score (nSPS) is 16.8. The monoisotopic (exact) mass is 230 g/mol. The number of nitriles is 1. The number of para-hydroxylation sites is 1. The van der Waals surface area contributed by atoms with E-state index in [0.29, 0.717) is 6.10 Å². The molecule has 0 radical (unpaired) electrons. The summed E-state index contributed by atoms with van der Waals surface area (Å²) in [4.78, 5) is 2.29. The van der Waals surface area contributed by atoms with Crippen LogP contribution in [0.4, 0.5) is 5.69 Å². The molecule has 0 amide bonds. The second-order valence-electron chi connectivity index (χ2n) is 4.27. The maximum absolute atomic E-state index is 9.08. The number of ether oxygens (including phenoxy) is 1. The highest BCUT2D eigenvalue weighted by molar-refractivity contribution is 5.59. The molecule has 2 rings (SSSR count). The molecule has 0 spiro atoms. The van der Waals surface area contributed by atoms with Crippen LogP contribution in [0, 0.1) is 11.3 Å². The standard InChI is InChI=1S/C14H18N2O/c1-2-17-13-7-9-16(10-8-13)14-6-4-3-5-12(14)11-15/h3-6,13H,2,7-10H2,1H3. The Labute approximate surface area is 103 Å². The van der Waals surface area contributed by atoms with Crippen LogP contribution in [-0.2, 0) is 4.74 Å². The van der Waals surface area contributed by atoms with Crippen molar-refractivity contribution in [1.29, 1.82) is 5.26 Å². The minimum Gasteiger partial charge on any atom is -0.378 e. The Kier molecular flexibility index (Phi) is 4.00. The Morgan fingerprint density at radius 1 is 1.35 bits per heavy atom. The molecular weight excluding hydrogens is 212 g/mol. The molecule has 0 unspecified atom stereocenters. The molecule has 0 N–H and O–H groups in total. The largest absolute Gasteiger partial charge is 0.378 e. The zero-order valence-electron chi connectivity index (χ0n) is 10.2. The third-order valence-corrected chi connectivity index (χ3v) is 3.21. The highest BCUT2D eigenvalue weighted by Crippen LogP contribution is 2.24. The molecule has 0 aliphatic carbocycles. The van der Waals surface area contributed by atoms with Gasteiger partial charge in [-0.25, -0.2) is 0 Å². The minimum atomic E-state index is 0.394. The number of hydrogen-bond acceptors (Lipinski definition) is 3. The predicted octanol–water partition coefficient (Wildman–Crippen LogP) is 2.56. The fourth-order valence-corrected chi connectivity index (χ4v) is 2.34. The third-order valence-electron chi connectivity index (χ3n) is 3.21. The van der Waals surface area contributed by atoms with Gasteiger partial charge in [0.15, 0.2) is 0 Å².